The van der Waals surface area contributed by atoms with Gasteiger partial charge in [-0.1, -0.05) is 36.4 Å². The van der Waals surface area contributed by atoms with Crippen molar-refractivity contribution in [3.05, 3.63) is 92.9 Å². The fraction of sp³-hybridized carbons (Fsp3) is 0.190. The van der Waals surface area contributed by atoms with Gasteiger partial charge in [-0.25, -0.2) is 9.37 Å². The summed E-state index contributed by atoms with van der Waals surface area (Å²) in [5.41, 5.74) is 1.86. The average Bonchev–Trinajstić information content (AvgIpc) is 2.74. The number of aromatic nitrogens is 2. The summed E-state index contributed by atoms with van der Waals surface area (Å²) < 4.78 is 13.0. The first-order chi connectivity index (χ1) is 14.0. The summed E-state index contributed by atoms with van der Waals surface area (Å²) in [6.45, 7) is 0.717. The highest BCUT2D eigenvalue weighted by molar-refractivity contribution is 5.94. The molecule has 0 aliphatic carbocycles. The van der Waals surface area contributed by atoms with Gasteiger partial charge in [0, 0.05) is 13.1 Å². The first-order valence-electron chi connectivity index (χ1n) is 9.17. The van der Waals surface area contributed by atoms with Crippen LogP contribution in [0.5, 0.6) is 5.75 Å². The Morgan fingerprint density at radius 2 is 1.90 bits per heavy atom. The zero-order chi connectivity index (χ0) is 20.4. The number of aromatic amines is 1. The van der Waals surface area contributed by atoms with Gasteiger partial charge in [0.15, 0.2) is 5.69 Å². The molecule has 4 rings (SSSR count). The molecule has 0 spiro atoms. The minimum absolute atomic E-state index is 0.109. The largest absolute Gasteiger partial charge is 0.501 e. The Morgan fingerprint density at radius 1 is 1.17 bits per heavy atom. The van der Waals surface area contributed by atoms with Gasteiger partial charge < -0.3 is 20.7 Å². The molecule has 0 saturated heterocycles. The Kier molecular flexibility index (Phi) is 5.09. The van der Waals surface area contributed by atoms with E-state index in [0.29, 0.717) is 18.5 Å². The minimum Gasteiger partial charge on any atom is -0.501 e. The van der Waals surface area contributed by atoms with Crippen LogP contribution in [0.25, 0.3) is 0 Å². The maximum Gasteiger partial charge on any atom is 0.293 e. The molecule has 1 aliphatic heterocycles. The first-order valence-corrected chi connectivity index (χ1v) is 9.17. The van der Waals surface area contributed by atoms with Crippen LogP contribution < -0.4 is 16.2 Å². The Balaban J connectivity index is 1.55. The number of halogens is 1. The number of fused-ring (bicyclic) bond motifs is 1. The van der Waals surface area contributed by atoms with E-state index < -0.39 is 17.2 Å². The second kappa shape index (κ2) is 7.84. The molecular weight excluding hydrogens is 375 g/mol. The molecule has 0 saturated carbocycles. The predicted molar refractivity (Wildman–Crippen MR) is 104 cm³/mol. The summed E-state index contributed by atoms with van der Waals surface area (Å²) in [6.07, 6.45) is 0.598. The summed E-state index contributed by atoms with van der Waals surface area (Å²) >= 11 is 0. The van der Waals surface area contributed by atoms with Crippen LogP contribution in [0.3, 0.4) is 0 Å². The Hall–Kier alpha value is -3.52. The lowest BCUT2D eigenvalue weighted by molar-refractivity contribution is 0.0942. The number of amides is 1. The topological polar surface area (TPSA) is 107 Å². The molecule has 0 fully saturated rings. The SMILES string of the molecule is O=C(NCc1ccc(F)cc1)c1nc(C2Cc3ccccc3CN2)[nH]c(=O)c1O. The van der Waals surface area contributed by atoms with E-state index in [1.165, 1.54) is 29.8 Å². The highest BCUT2D eigenvalue weighted by Gasteiger charge is 2.25. The lowest BCUT2D eigenvalue weighted by Crippen LogP contribution is -2.33. The second-order valence-corrected chi connectivity index (χ2v) is 6.86. The van der Waals surface area contributed by atoms with Gasteiger partial charge in [0.25, 0.3) is 11.5 Å². The number of H-pyrrole nitrogens is 1. The van der Waals surface area contributed by atoms with Crippen molar-refractivity contribution in [3.63, 3.8) is 0 Å². The zero-order valence-corrected chi connectivity index (χ0v) is 15.4. The van der Waals surface area contributed by atoms with E-state index in [0.717, 1.165) is 5.56 Å². The van der Waals surface area contributed by atoms with Gasteiger partial charge >= 0.3 is 0 Å². The fourth-order valence-electron chi connectivity index (χ4n) is 3.32. The van der Waals surface area contributed by atoms with Crippen molar-refractivity contribution in [2.75, 3.05) is 0 Å². The number of hydrogen-bond acceptors (Lipinski definition) is 5. The smallest absolute Gasteiger partial charge is 0.293 e. The fourth-order valence-corrected chi connectivity index (χ4v) is 3.32. The van der Waals surface area contributed by atoms with Crippen LogP contribution in [0.2, 0.25) is 0 Å². The third-order valence-electron chi connectivity index (χ3n) is 4.91. The van der Waals surface area contributed by atoms with Crippen molar-refractivity contribution in [3.8, 4) is 5.75 Å². The molecule has 148 valence electrons. The first kappa shape index (κ1) is 18.8. The van der Waals surface area contributed by atoms with Gasteiger partial charge in [-0.2, -0.15) is 0 Å². The van der Waals surface area contributed by atoms with Crippen LogP contribution in [0.4, 0.5) is 4.39 Å². The lowest BCUT2D eigenvalue weighted by Gasteiger charge is -2.25. The maximum absolute atomic E-state index is 13.0. The highest BCUT2D eigenvalue weighted by atomic mass is 19.1. The van der Waals surface area contributed by atoms with Gasteiger partial charge in [-0.05, 0) is 35.2 Å². The van der Waals surface area contributed by atoms with E-state index >= 15 is 0 Å². The van der Waals surface area contributed by atoms with Crippen LogP contribution in [0.1, 0.15) is 39.0 Å². The minimum atomic E-state index is -0.775. The van der Waals surface area contributed by atoms with Gasteiger partial charge in [0.1, 0.15) is 11.6 Å². The quantitative estimate of drug-likeness (QED) is 0.541. The summed E-state index contributed by atoms with van der Waals surface area (Å²) in [5.74, 6) is -1.51. The summed E-state index contributed by atoms with van der Waals surface area (Å²) in [4.78, 5) is 31.4. The van der Waals surface area contributed by atoms with Crippen LogP contribution in [-0.2, 0) is 19.5 Å². The zero-order valence-electron chi connectivity index (χ0n) is 15.4. The van der Waals surface area contributed by atoms with Crippen molar-refractivity contribution in [1.82, 2.24) is 20.6 Å². The summed E-state index contributed by atoms with van der Waals surface area (Å²) in [7, 11) is 0. The molecule has 0 bridgehead atoms. The molecule has 3 aromatic rings. The highest BCUT2D eigenvalue weighted by Crippen LogP contribution is 2.24. The van der Waals surface area contributed by atoms with Crippen LogP contribution in [-0.4, -0.2) is 21.0 Å². The van der Waals surface area contributed by atoms with Crippen molar-refractivity contribution >= 4 is 5.91 Å². The van der Waals surface area contributed by atoms with Crippen LogP contribution >= 0.6 is 0 Å². The van der Waals surface area contributed by atoms with Crippen molar-refractivity contribution in [2.24, 2.45) is 0 Å². The molecular formula is C21H19FN4O3. The molecule has 7 nitrogen and oxygen atoms in total. The lowest BCUT2D eigenvalue weighted by atomic mass is 9.95. The Morgan fingerprint density at radius 3 is 2.66 bits per heavy atom. The monoisotopic (exact) mass is 394 g/mol. The van der Waals surface area contributed by atoms with E-state index in [9.17, 15) is 19.1 Å². The average molecular weight is 394 g/mol. The van der Waals surface area contributed by atoms with Crippen molar-refractivity contribution in [2.45, 2.75) is 25.6 Å². The predicted octanol–water partition coefficient (Wildman–Crippen LogP) is 1.93. The molecule has 1 amide bonds. The third kappa shape index (κ3) is 4.02. The molecule has 1 aromatic heterocycles. The Labute approximate surface area is 165 Å². The van der Waals surface area contributed by atoms with E-state index in [1.807, 2.05) is 24.3 Å². The molecule has 1 unspecified atom stereocenters. The molecule has 1 aliphatic rings. The van der Waals surface area contributed by atoms with Gasteiger partial charge in [-0.15, -0.1) is 0 Å². The summed E-state index contributed by atoms with van der Waals surface area (Å²) in [5, 5.41) is 15.9. The summed E-state index contributed by atoms with van der Waals surface area (Å²) in [6, 6.07) is 13.3. The Bertz CT molecular complexity index is 1110. The molecule has 1 atom stereocenters. The maximum atomic E-state index is 13.0. The van der Waals surface area contributed by atoms with Gasteiger partial charge in [-0.3, -0.25) is 9.59 Å². The van der Waals surface area contributed by atoms with Crippen molar-refractivity contribution in [1.29, 1.82) is 0 Å². The number of rotatable bonds is 4. The molecule has 0 radical (unpaired) electrons. The standard InChI is InChI=1S/C21H19FN4O3/c22-15-7-5-12(6-8-15)10-24-20(28)17-18(27)21(29)26-19(25-17)16-9-13-3-1-2-4-14(13)11-23-16/h1-8,16,23,27H,9-11H2,(H,24,28)(H,25,26,29). The normalized spacial score (nSPS) is 15.6. The van der Waals surface area contributed by atoms with E-state index in [2.05, 4.69) is 20.6 Å². The third-order valence-corrected chi connectivity index (χ3v) is 4.91. The number of hydrogen-bond donors (Lipinski definition) is 4. The molecule has 2 heterocycles. The van der Waals surface area contributed by atoms with Gasteiger partial charge in [0.05, 0.1) is 6.04 Å². The van der Waals surface area contributed by atoms with Crippen LogP contribution in [0.15, 0.2) is 53.3 Å². The number of aromatic hydroxyl groups is 1. The second-order valence-electron chi connectivity index (χ2n) is 6.86. The number of carbonyl (C=O) groups is 1. The van der Waals surface area contributed by atoms with E-state index in [1.54, 1.807) is 0 Å². The van der Waals surface area contributed by atoms with E-state index in [4.69, 9.17) is 0 Å². The number of nitrogens with one attached hydrogen (secondary N) is 3. The van der Waals surface area contributed by atoms with E-state index in [-0.39, 0.29) is 29.9 Å². The van der Waals surface area contributed by atoms with Crippen LogP contribution in [0, 0.1) is 5.82 Å². The van der Waals surface area contributed by atoms with Crippen molar-refractivity contribution < 1.29 is 14.3 Å². The number of benzene rings is 2. The molecule has 8 heteroatoms. The number of nitrogens with zero attached hydrogens (tertiary/aromatic N) is 1. The molecule has 4 N–H and O–H groups in total. The number of carbonyl (C=O) groups excluding carboxylic acids is 1. The molecule has 2 aromatic carbocycles. The molecule has 29 heavy (non-hydrogen) atoms. The van der Waals surface area contributed by atoms with Gasteiger partial charge in [0.2, 0.25) is 5.75 Å².